The molecule has 2 aliphatic rings. The molecule has 1 saturated carbocycles. The molecule has 2 aromatic rings. The molecule has 0 radical (unpaired) electrons. The minimum Gasteiger partial charge on any atom is -0.363 e. The Morgan fingerprint density at radius 2 is 1.83 bits per heavy atom. The standard InChI is InChI=1S/C21H24N2O/c1-15-6-5-7-17(12-15)13-22-14-21(18-10-11-18)23(16(2)24)20-9-4-3-8-19(20)22/h3-9,12,18,21H,10-11,13-14H2,1-2H3. The van der Waals surface area contributed by atoms with Crippen LogP contribution in [0.25, 0.3) is 0 Å². The van der Waals surface area contributed by atoms with E-state index in [0.717, 1.165) is 18.8 Å². The third-order valence-corrected chi connectivity index (χ3v) is 5.18. The first-order valence-electron chi connectivity index (χ1n) is 8.83. The fourth-order valence-corrected chi connectivity index (χ4v) is 3.94. The predicted molar refractivity (Wildman–Crippen MR) is 98.3 cm³/mol. The molecule has 1 unspecified atom stereocenters. The zero-order chi connectivity index (χ0) is 16.7. The summed E-state index contributed by atoms with van der Waals surface area (Å²) in [6, 6.07) is 17.4. The zero-order valence-corrected chi connectivity index (χ0v) is 14.4. The Labute approximate surface area is 143 Å². The van der Waals surface area contributed by atoms with Gasteiger partial charge in [0.1, 0.15) is 0 Å². The van der Waals surface area contributed by atoms with Crippen LogP contribution in [0.15, 0.2) is 48.5 Å². The van der Waals surface area contributed by atoms with E-state index in [-0.39, 0.29) is 5.91 Å². The average Bonchev–Trinajstić information content (AvgIpc) is 3.39. The van der Waals surface area contributed by atoms with Crippen molar-refractivity contribution < 1.29 is 4.79 Å². The summed E-state index contributed by atoms with van der Waals surface area (Å²) in [6.07, 6.45) is 2.49. The minimum atomic E-state index is 0.162. The molecule has 124 valence electrons. The van der Waals surface area contributed by atoms with E-state index in [1.807, 2.05) is 11.0 Å². The van der Waals surface area contributed by atoms with E-state index in [1.165, 1.54) is 29.7 Å². The first-order chi connectivity index (χ1) is 11.6. The van der Waals surface area contributed by atoms with E-state index in [2.05, 4.69) is 54.3 Å². The molecule has 2 aromatic carbocycles. The maximum Gasteiger partial charge on any atom is 0.224 e. The van der Waals surface area contributed by atoms with Gasteiger partial charge in [-0.1, -0.05) is 42.0 Å². The van der Waals surface area contributed by atoms with Crippen LogP contribution in [0.5, 0.6) is 0 Å². The summed E-state index contributed by atoms with van der Waals surface area (Å²) in [6.45, 7) is 5.66. The summed E-state index contributed by atoms with van der Waals surface area (Å²) in [4.78, 5) is 16.8. The van der Waals surface area contributed by atoms with E-state index in [9.17, 15) is 4.79 Å². The van der Waals surface area contributed by atoms with E-state index in [0.29, 0.717) is 12.0 Å². The molecule has 1 heterocycles. The van der Waals surface area contributed by atoms with Gasteiger partial charge in [0.15, 0.2) is 0 Å². The number of para-hydroxylation sites is 2. The topological polar surface area (TPSA) is 23.6 Å². The van der Waals surface area contributed by atoms with Crippen molar-refractivity contribution in [1.29, 1.82) is 0 Å². The van der Waals surface area contributed by atoms with E-state index >= 15 is 0 Å². The number of fused-ring (bicyclic) bond motifs is 1. The molecule has 4 rings (SSSR count). The Bertz CT molecular complexity index is 766. The maximum absolute atomic E-state index is 12.3. The van der Waals surface area contributed by atoms with Gasteiger partial charge in [0.2, 0.25) is 5.91 Å². The normalized spacial score (nSPS) is 20.0. The van der Waals surface area contributed by atoms with Crippen LogP contribution in [0, 0.1) is 12.8 Å². The Balaban J connectivity index is 1.71. The summed E-state index contributed by atoms with van der Waals surface area (Å²) in [5.74, 6) is 0.817. The lowest BCUT2D eigenvalue weighted by molar-refractivity contribution is -0.117. The van der Waals surface area contributed by atoms with Crippen LogP contribution in [0.1, 0.15) is 30.9 Å². The highest BCUT2D eigenvalue weighted by atomic mass is 16.2. The highest BCUT2D eigenvalue weighted by molar-refractivity contribution is 5.97. The summed E-state index contributed by atoms with van der Waals surface area (Å²) in [7, 11) is 0. The maximum atomic E-state index is 12.3. The first-order valence-corrected chi connectivity index (χ1v) is 8.83. The number of anilines is 2. The largest absolute Gasteiger partial charge is 0.363 e. The monoisotopic (exact) mass is 320 g/mol. The zero-order valence-electron chi connectivity index (χ0n) is 14.4. The number of hydrogen-bond acceptors (Lipinski definition) is 2. The highest BCUT2D eigenvalue weighted by Crippen LogP contribution is 2.44. The predicted octanol–water partition coefficient (Wildman–Crippen LogP) is 4.15. The van der Waals surface area contributed by atoms with Gasteiger partial charge in [0.05, 0.1) is 17.4 Å². The highest BCUT2D eigenvalue weighted by Gasteiger charge is 2.42. The molecule has 0 saturated heterocycles. The Morgan fingerprint density at radius 1 is 1.08 bits per heavy atom. The molecule has 3 heteroatoms. The molecule has 1 atom stereocenters. The van der Waals surface area contributed by atoms with Crippen LogP contribution in [0.2, 0.25) is 0 Å². The van der Waals surface area contributed by atoms with Crippen molar-refractivity contribution in [3.05, 3.63) is 59.7 Å². The van der Waals surface area contributed by atoms with Crippen LogP contribution < -0.4 is 9.80 Å². The van der Waals surface area contributed by atoms with Gasteiger partial charge in [0, 0.05) is 20.0 Å². The molecule has 0 aromatic heterocycles. The fourth-order valence-electron chi connectivity index (χ4n) is 3.94. The van der Waals surface area contributed by atoms with Gasteiger partial charge in [-0.25, -0.2) is 0 Å². The Kier molecular flexibility index (Phi) is 3.79. The fraction of sp³-hybridized carbons (Fsp3) is 0.381. The van der Waals surface area contributed by atoms with Crippen molar-refractivity contribution >= 4 is 17.3 Å². The van der Waals surface area contributed by atoms with Crippen molar-refractivity contribution in [2.45, 2.75) is 39.3 Å². The van der Waals surface area contributed by atoms with Gasteiger partial charge in [0.25, 0.3) is 0 Å². The first kappa shape index (κ1) is 15.3. The van der Waals surface area contributed by atoms with E-state index < -0.39 is 0 Å². The molecular formula is C21H24N2O. The molecule has 0 N–H and O–H groups in total. The van der Waals surface area contributed by atoms with Crippen molar-refractivity contribution in [1.82, 2.24) is 0 Å². The second-order valence-corrected chi connectivity index (χ2v) is 7.15. The van der Waals surface area contributed by atoms with Gasteiger partial charge in [-0.2, -0.15) is 0 Å². The number of rotatable bonds is 3. The third-order valence-electron chi connectivity index (χ3n) is 5.18. The number of hydrogen-bond donors (Lipinski definition) is 0. The molecule has 0 bridgehead atoms. The molecule has 24 heavy (non-hydrogen) atoms. The van der Waals surface area contributed by atoms with Gasteiger partial charge < -0.3 is 9.80 Å². The summed E-state index contributed by atoms with van der Waals surface area (Å²) < 4.78 is 0. The van der Waals surface area contributed by atoms with Gasteiger partial charge in [-0.15, -0.1) is 0 Å². The van der Waals surface area contributed by atoms with Gasteiger partial charge >= 0.3 is 0 Å². The average molecular weight is 320 g/mol. The van der Waals surface area contributed by atoms with Crippen molar-refractivity contribution in [3.8, 4) is 0 Å². The van der Waals surface area contributed by atoms with Crippen molar-refractivity contribution in [3.63, 3.8) is 0 Å². The summed E-state index contributed by atoms with van der Waals surface area (Å²) >= 11 is 0. The van der Waals surface area contributed by atoms with E-state index in [1.54, 1.807) is 6.92 Å². The van der Waals surface area contributed by atoms with Gasteiger partial charge in [-0.05, 0) is 43.4 Å². The molecular weight excluding hydrogens is 296 g/mol. The van der Waals surface area contributed by atoms with Crippen LogP contribution >= 0.6 is 0 Å². The second kappa shape index (κ2) is 5.97. The summed E-state index contributed by atoms with van der Waals surface area (Å²) in [5, 5.41) is 0. The van der Waals surface area contributed by atoms with Crippen LogP contribution in [0.4, 0.5) is 11.4 Å². The quantitative estimate of drug-likeness (QED) is 0.848. The minimum absolute atomic E-state index is 0.162. The van der Waals surface area contributed by atoms with Crippen LogP contribution in [-0.2, 0) is 11.3 Å². The van der Waals surface area contributed by atoms with Crippen molar-refractivity contribution in [2.24, 2.45) is 5.92 Å². The Hall–Kier alpha value is -2.29. The van der Waals surface area contributed by atoms with Crippen LogP contribution in [0.3, 0.4) is 0 Å². The third kappa shape index (κ3) is 2.79. The number of aryl methyl sites for hydroxylation is 1. The lowest BCUT2D eigenvalue weighted by atomic mass is 10.0. The number of nitrogens with zero attached hydrogens (tertiary/aromatic N) is 2. The number of benzene rings is 2. The molecule has 1 fully saturated rings. The molecule has 3 nitrogen and oxygen atoms in total. The number of carbonyl (C=O) groups excluding carboxylic acids is 1. The lowest BCUT2D eigenvalue weighted by Gasteiger charge is -2.43. The summed E-state index contributed by atoms with van der Waals surface area (Å²) in [5.41, 5.74) is 4.87. The van der Waals surface area contributed by atoms with E-state index in [4.69, 9.17) is 0 Å². The lowest BCUT2D eigenvalue weighted by Crippen LogP contribution is -2.52. The second-order valence-electron chi connectivity index (χ2n) is 7.15. The Morgan fingerprint density at radius 3 is 2.50 bits per heavy atom. The van der Waals surface area contributed by atoms with Crippen LogP contribution in [-0.4, -0.2) is 18.5 Å². The molecule has 1 aliphatic heterocycles. The SMILES string of the molecule is CC(=O)N1c2ccccc2N(Cc2cccc(C)c2)CC1C1CC1. The number of carbonyl (C=O) groups is 1. The van der Waals surface area contributed by atoms with Crippen molar-refractivity contribution in [2.75, 3.05) is 16.3 Å². The molecule has 1 amide bonds. The molecule has 1 aliphatic carbocycles. The number of amides is 1. The smallest absolute Gasteiger partial charge is 0.224 e. The molecule has 0 spiro atoms. The van der Waals surface area contributed by atoms with Gasteiger partial charge in [-0.3, -0.25) is 4.79 Å².